The van der Waals surface area contributed by atoms with Gasteiger partial charge in [-0.3, -0.25) is 9.36 Å². The summed E-state index contributed by atoms with van der Waals surface area (Å²) in [5.74, 6) is 2.17. The van der Waals surface area contributed by atoms with Crippen molar-refractivity contribution in [3.05, 3.63) is 61.2 Å². The lowest BCUT2D eigenvalue weighted by atomic mass is 10.2. The van der Waals surface area contributed by atoms with Crippen molar-refractivity contribution >= 4 is 23.4 Å². The predicted molar refractivity (Wildman–Crippen MR) is 119 cm³/mol. The SMILES string of the molecule is C=CCn1c(SCC(=O)Nc2ccccc2OCC)nnc1-c1ccc(OC)cc1. The molecule has 156 valence electrons. The van der Waals surface area contributed by atoms with Gasteiger partial charge in [0.15, 0.2) is 11.0 Å². The van der Waals surface area contributed by atoms with Crippen molar-refractivity contribution in [1.82, 2.24) is 14.8 Å². The molecule has 0 atom stereocenters. The minimum atomic E-state index is -0.147. The van der Waals surface area contributed by atoms with Crippen LogP contribution in [0.15, 0.2) is 66.3 Å². The van der Waals surface area contributed by atoms with Gasteiger partial charge in [0.1, 0.15) is 11.5 Å². The van der Waals surface area contributed by atoms with E-state index in [4.69, 9.17) is 9.47 Å². The van der Waals surface area contributed by atoms with Crippen molar-refractivity contribution < 1.29 is 14.3 Å². The summed E-state index contributed by atoms with van der Waals surface area (Å²) in [5.41, 5.74) is 1.56. The Hall–Kier alpha value is -3.26. The Morgan fingerprint density at radius 1 is 1.20 bits per heavy atom. The number of ether oxygens (including phenoxy) is 2. The van der Waals surface area contributed by atoms with Crippen molar-refractivity contribution in [2.45, 2.75) is 18.6 Å². The van der Waals surface area contributed by atoms with Crippen LogP contribution in [-0.2, 0) is 11.3 Å². The third kappa shape index (κ3) is 5.21. The Morgan fingerprint density at radius 3 is 2.67 bits per heavy atom. The first-order valence-electron chi connectivity index (χ1n) is 9.49. The Morgan fingerprint density at radius 2 is 1.97 bits per heavy atom. The van der Waals surface area contributed by atoms with Gasteiger partial charge in [-0.25, -0.2) is 0 Å². The van der Waals surface area contributed by atoms with Gasteiger partial charge >= 0.3 is 0 Å². The Bertz CT molecular complexity index is 1000. The van der Waals surface area contributed by atoms with E-state index in [9.17, 15) is 4.79 Å². The van der Waals surface area contributed by atoms with Gasteiger partial charge in [0.25, 0.3) is 0 Å². The average Bonchev–Trinajstić information content (AvgIpc) is 3.17. The normalized spacial score (nSPS) is 10.5. The zero-order valence-corrected chi connectivity index (χ0v) is 17.8. The van der Waals surface area contributed by atoms with Crippen molar-refractivity contribution in [3.63, 3.8) is 0 Å². The number of rotatable bonds is 10. The molecule has 1 aromatic heterocycles. The number of carbonyl (C=O) groups excluding carboxylic acids is 1. The summed E-state index contributed by atoms with van der Waals surface area (Å²) in [6.45, 7) is 6.78. The average molecular weight is 425 g/mol. The number of hydrogen-bond donors (Lipinski definition) is 1. The minimum absolute atomic E-state index is 0.147. The van der Waals surface area contributed by atoms with Gasteiger partial charge in [0, 0.05) is 12.1 Å². The molecule has 7 nitrogen and oxygen atoms in total. The number of benzene rings is 2. The number of nitrogens with one attached hydrogen (secondary N) is 1. The van der Waals surface area contributed by atoms with Gasteiger partial charge in [-0.05, 0) is 43.3 Å². The molecule has 0 radical (unpaired) electrons. The topological polar surface area (TPSA) is 78.3 Å². The molecule has 30 heavy (non-hydrogen) atoms. The van der Waals surface area contributed by atoms with Gasteiger partial charge in [0.05, 0.1) is 25.2 Å². The summed E-state index contributed by atoms with van der Waals surface area (Å²) < 4.78 is 12.7. The van der Waals surface area contributed by atoms with Gasteiger partial charge in [-0.2, -0.15) is 0 Å². The fourth-order valence-electron chi connectivity index (χ4n) is 2.81. The number of hydrogen-bond acceptors (Lipinski definition) is 6. The van der Waals surface area contributed by atoms with E-state index >= 15 is 0 Å². The maximum Gasteiger partial charge on any atom is 0.234 e. The van der Waals surface area contributed by atoms with Crippen LogP contribution in [0.4, 0.5) is 5.69 Å². The van der Waals surface area contributed by atoms with Crippen molar-refractivity contribution in [2.75, 3.05) is 24.8 Å². The van der Waals surface area contributed by atoms with Crippen LogP contribution < -0.4 is 14.8 Å². The summed E-state index contributed by atoms with van der Waals surface area (Å²) >= 11 is 1.32. The van der Waals surface area contributed by atoms with Crippen LogP contribution in [0, 0.1) is 0 Å². The first kappa shape index (κ1) is 21.4. The molecule has 3 rings (SSSR count). The molecule has 2 aromatic carbocycles. The van der Waals surface area contributed by atoms with E-state index in [-0.39, 0.29) is 11.7 Å². The quantitative estimate of drug-likeness (QED) is 0.387. The molecule has 8 heteroatoms. The minimum Gasteiger partial charge on any atom is -0.497 e. The van der Waals surface area contributed by atoms with Crippen LogP contribution in [0.3, 0.4) is 0 Å². The van der Waals surface area contributed by atoms with Crippen molar-refractivity contribution in [2.24, 2.45) is 0 Å². The monoisotopic (exact) mass is 424 g/mol. The van der Waals surface area contributed by atoms with Crippen LogP contribution in [0.1, 0.15) is 6.92 Å². The maximum absolute atomic E-state index is 12.5. The van der Waals surface area contributed by atoms with Gasteiger partial charge in [0.2, 0.25) is 5.91 Å². The predicted octanol–water partition coefficient (Wildman–Crippen LogP) is 4.27. The number of methoxy groups -OCH3 is 1. The molecule has 0 spiro atoms. The number of thioether (sulfide) groups is 1. The molecule has 1 N–H and O–H groups in total. The summed E-state index contributed by atoms with van der Waals surface area (Å²) in [7, 11) is 1.63. The first-order valence-corrected chi connectivity index (χ1v) is 10.5. The number of para-hydroxylation sites is 2. The molecule has 0 fully saturated rings. The highest BCUT2D eigenvalue weighted by Gasteiger charge is 2.16. The third-order valence-corrected chi connectivity index (χ3v) is 5.14. The van der Waals surface area contributed by atoms with Gasteiger partial charge in [-0.1, -0.05) is 30.0 Å². The fourth-order valence-corrected chi connectivity index (χ4v) is 3.56. The van der Waals surface area contributed by atoms with E-state index < -0.39 is 0 Å². The summed E-state index contributed by atoms with van der Waals surface area (Å²) in [4.78, 5) is 12.5. The molecule has 0 unspecified atom stereocenters. The van der Waals surface area contributed by atoms with Crippen LogP contribution in [0.25, 0.3) is 11.4 Å². The van der Waals surface area contributed by atoms with Gasteiger partial charge in [-0.15, -0.1) is 16.8 Å². The van der Waals surface area contributed by atoms with Gasteiger partial charge < -0.3 is 14.8 Å². The van der Waals surface area contributed by atoms with Crippen LogP contribution in [-0.4, -0.2) is 40.1 Å². The molecular formula is C22H24N4O3S. The highest BCUT2D eigenvalue weighted by atomic mass is 32.2. The zero-order chi connectivity index (χ0) is 21.3. The standard InChI is InChI=1S/C22H24N4O3S/c1-4-14-26-21(16-10-12-17(28-3)13-11-16)24-25-22(26)30-15-20(27)23-18-8-6-7-9-19(18)29-5-2/h4,6-13H,1,5,14-15H2,2-3H3,(H,23,27). The molecule has 1 amide bonds. The second kappa shape index (κ2) is 10.5. The molecule has 0 saturated carbocycles. The Labute approximate surface area is 180 Å². The van der Waals surface area contributed by atoms with E-state index in [0.717, 1.165) is 11.3 Å². The molecule has 0 aliphatic rings. The van der Waals surface area contributed by atoms with E-state index in [1.807, 2.05) is 60.0 Å². The molecular weight excluding hydrogens is 400 g/mol. The number of anilines is 1. The number of aromatic nitrogens is 3. The molecule has 0 bridgehead atoms. The second-order valence-corrected chi connectivity index (χ2v) is 7.14. The molecule has 3 aromatic rings. The Balaban J connectivity index is 1.71. The summed E-state index contributed by atoms with van der Waals surface area (Å²) in [6.07, 6.45) is 1.78. The number of nitrogens with zero attached hydrogens (tertiary/aromatic N) is 3. The van der Waals surface area contributed by atoms with Crippen LogP contribution >= 0.6 is 11.8 Å². The number of allylic oxidation sites excluding steroid dienone is 1. The number of amides is 1. The first-order chi connectivity index (χ1) is 14.7. The largest absolute Gasteiger partial charge is 0.497 e. The second-order valence-electron chi connectivity index (χ2n) is 6.20. The summed E-state index contributed by atoms with van der Waals surface area (Å²) in [5, 5.41) is 12.1. The molecule has 0 aliphatic carbocycles. The smallest absolute Gasteiger partial charge is 0.234 e. The lowest BCUT2D eigenvalue weighted by Gasteiger charge is -2.11. The summed E-state index contributed by atoms with van der Waals surface area (Å²) in [6, 6.07) is 15.0. The lowest BCUT2D eigenvalue weighted by Crippen LogP contribution is -2.15. The molecule has 0 aliphatic heterocycles. The maximum atomic E-state index is 12.5. The zero-order valence-electron chi connectivity index (χ0n) is 17.0. The fraction of sp³-hybridized carbons (Fsp3) is 0.227. The highest BCUT2D eigenvalue weighted by molar-refractivity contribution is 7.99. The van der Waals surface area contributed by atoms with Crippen LogP contribution in [0.5, 0.6) is 11.5 Å². The van der Waals surface area contributed by atoms with Crippen LogP contribution in [0.2, 0.25) is 0 Å². The van der Waals surface area contributed by atoms with E-state index in [1.54, 1.807) is 13.2 Å². The van der Waals surface area contributed by atoms with E-state index in [2.05, 4.69) is 22.1 Å². The molecule has 0 saturated heterocycles. The Kier molecular flexibility index (Phi) is 7.51. The van der Waals surface area contributed by atoms with E-state index in [0.29, 0.717) is 35.6 Å². The lowest BCUT2D eigenvalue weighted by molar-refractivity contribution is -0.113. The van der Waals surface area contributed by atoms with Crippen molar-refractivity contribution in [3.8, 4) is 22.9 Å². The van der Waals surface area contributed by atoms with Crippen molar-refractivity contribution in [1.29, 1.82) is 0 Å². The molecule has 1 heterocycles. The third-order valence-electron chi connectivity index (χ3n) is 4.17. The highest BCUT2D eigenvalue weighted by Crippen LogP contribution is 2.27. The number of carbonyl (C=O) groups is 1. The van der Waals surface area contributed by atoms with E-state index in [1.165, 1.54) is 11.8 Å².